The van der Waals surface area contributed by atoms with Crippen LogP contribution in [-0.2, 0) is 21.7 Å². The van der Waals surface area contributed by atoms with Crippen molar-refractivity contribution in [2.75, 3.05) is 0 Å². The van der Waals surface area contributed by atoms with Crippen molar-refractivity contribution >= 4 is 38.1 Å². The molecule has 3 atom stereocenters. The van der Waals surface area contributed by atoms with Crippen LogP contribution in [0.15, 0.2) is 54.6 Å². The van der Waals surface area contributed by atoms with Crippen LogP contribution in [0.2, 0.25) is 0 Å². The van der Waals surface area contributed by atoms with Gasteiger partial charge >= 0.3 is 0 Å². The summed E-state index contributed by atoms with van der Waals surface area (Å²) in [6.45, 7) is 0. The lowest BCUT2D eigenvalue weighted by molar-refractivity contribution is 0.228. The van der Waals surface area contributed by atoms with Crippen LogP contribution in [-0.4, -0.2) is 4.40 Å². The topological polar surface area (TPSA) is 52.0 Å². The molecule has 7 aliphatic rings. The van der Waals surface area contributed by atoms with Gasteiger partial charge in [0.05, 0.1) is 39.8 Å². The molecule has 4 aromatic carbocycles. The van der Waals surface area contributed by atoms with Gasteiger partial charge in [-0.15, -0.1) is 0 Å². The predicted molar refractivity (Wildman–Crippen MR) is 181 cm³/mol. The van der Waals surface area contributed by atoms with Gasteiger partial charge in [-0.05, 0) is 127 Å². The second-order valence-corrected chi connectivity index (χ2v) is 16.9. The largest absolute Gasteiger partial charge is 0.308 e. The van der Waals surface area contributed by atoms with Crippen molar-refractivity contribution in [3.8, 4) is 23.3 Å². The Labute approximate surface area is 267 Å². The Morgan fingerprint density at radius 1 is 0.565 bits per heavy atom. The SMILES string of the molecule is N#Cc1ccc2c3c4c5c(c6c7ccc(C#N)cc7n(c2c1)c36)C12CCC3(CCC1(C3)c1cccc(c1-5)C13CCCC41CCC3)C2. The van der Waals surface area contributed by atoms with Gasteiger partial charge in [0.15, 0.2) is 0 Å². The molecule has 3 spiro atoms. The molecule has 5 fully saturated rings. The van der Waals surface area contributed by atoms with Crippen LogP contribution in [0.1, 0.15) is 110 Å². The van der Waals surface area contributed by atoms with E-state index < -0.39 is 0 Å². The summed E-state index contributed by atoms with van der Waals surface area (Å²) < 4.78 is 2.51. The van der Waals surface area contributed by atoms with E-state index in [9.17, 15) is 10.5 Å². The molecular formula is C43H33N3. The summed E-state index contributed by atoms with van der Waals surface area (Å²) in [6, 6.07) is 25.5. The number of hydrogen-bond acceptors (Lipinski definition) is 2. The average molecular weight is 592 g/mol. The lowest BCUT2D eigenvalue weighted by Gasteiger charge is -2.57. The van der Waals surface area contributed by atoms with Crippen molar-refractivity contribution in [3.05, 3.63) is 88.0 Å². The Balaban J connectivity index is 1.39. The smallest absolute Gasteiger partial charge is 0.0992 e. The zero-order valence-electron chi connectivity index (χ0n) is 26.0. The summed E-state index contributed by atoms with van der Waals surface area (Å²) in [5.74, 6) is 0. The van der Waals surface area contributed by atoms with E-state index in [4.69, 9.17) is 0 Å². The van der Waals surface area contributed by atoms with E-state index in [0.717, 1.165) is 11.0 Å². The summed E-state index contributed by atoms with van der Waals surface area (Å²) in [5.41, 5.74) is 16.5. The maximum Gasteiger partial charge on any atom is 0.0992 e. The summed E-state index contributed by atoms with van der Waals surface area (Å²) in [5, 5.41) is 25.7. The van der Waals surface area contributed by atoms with Crippen LogP contribution in [0, 0.1) is 28.1 Å². The molecule has 6 aromatic rings. The molecule has 13 rings (SSSR count). The molecule has 5 saturated carbocycles. The third kappa shape index (κ3) is 2.01. The molecule has 3 unspecified atom stereocenters. The number of fused-ring (bicyclic) bond motifs is 8. The zero-order chi connectivity index (χ0) is 30.0. The monoisotopic (exact) mass is 591 g/mol. The molecule has 0 aliphatic heterocycles. The van der Waals surface area contributed by atoms with Crippen LogP contribution in [0.4, 0.5) is 0 Å². The average Bonchev–Trinajstić information content (AvgIpc) is 3.93. The molecule has 3 heteroatoms. The van der Waals surface area contributed by atoms with Crippen LogP contribution < -0.4 is 0 Å². The number of nitriles is 2. The van der Waals surface area contributed by atoms with Crippen molar-refractivity contribution in [1.82, 2.24) is 4.40 Å². The Kier molecular flexibility index (Phi) is 3.56. The molecule has 0 radical (unpaired) electrons. The number of rotatable bonds is 0. The summed E-state index contributed by atoms with van der Waals surface area (Å²) in [7, 11) is 0. The standard InChI is InChI=1S/C43H33N3/c44-20-24-6-8-26-30(18-24)46-31-19-25(21-45)7-9-27(31)33-37-35-34-28(40-10-2-12-41(40,13-3-11-40)36(35)32(26)38(33)46)4-1-5-29(34)42-16-14-39(22-42)15-17-43(37,42)23-39/h1,4-9,18-19H,2-3,10-17,22-23H2. The minimum atomic E-state index is 0.163. The van der Waals surface area contributed by atoms with Gasteiger partial charge in [-0.1, -0.05) is 43.2 Å². The van der Waals surface area contributed by atoms with Crippen LogP contribution in [0.25, 0.3) is 49.2 Å². The second kappa shape index (κ2) is 6.85. The van der Waals surface area contributed by atoms with E-state index in [-0.39, 0.29) is 21.7 Å². The highest BCUT2D eigenvalue weighted by Gasteiger charge is 2.76. The summed E-state index contributed by atoms with van der Waals surface area (Å²) in [6.07, 6.45) is 15.9. The lowest BCUT2D eigenvalue weighted by atomic mass is 9.45. The van der Waals surface area contributed by atoms with E-state index >= 15 is 0 Å². The zero-order valence-corrected chi connectivity index (χ0v) is 26.0. The molecule has 3 bridgehead atoms. The third-order valence-corrected chi connectivity index (χ3v) is 16.0. The summed E-state index contributed by atoms with van der Waals surface area (Å²) in [4.78, 5) is 0. The Hall–Kier alpha value is -4.34. The van der Waals surface area contributed by atoms with E-state index in [1.54, 1.807) is 33.4 Å². The Morgan fingerprint density at radius 2 is 1.13 bits per heavy atom. The van der Waals surface area contributed by atoms with Gasteiger partial charge in [0.25, 0.3) is 0 Å². The molecule has 0 saturated heterocycles. The van der Waals surface area contributed by atoms with E-state index in [1.807, 2.05) is 6.07 Å². The van der Waals surface area contributed by atoms with Crippen LogP contribution in [0.3, 0.4) is 0 Å². The first-order chi connectivity index (χ1) is 22.5. The van der Waals surface area contributed by atoms with Crippen molar-refractivity contribution in [1.29, 1.82) is 10.5 Å². The predicted octanol–water partition coefficient (Wildman–Crippen LogP) is 9.96. The quantitative estimate of drug-likeness (QED) is 0.177. The van der Waals surface area contributed by atoms with Gasteiger partial charge in [-0.3, -0.25) is 0 Å². The minimum Gasteiger partial charge on any atom is -0.308 e. The van der Waals surface area contributed by atoms with Crippen molar-refractivity contribution in [2.24, 2.45) is 5.41 Å². The molecule has 7 aliphatic carbocycles. The lowest BCUT2D eigenvalue weighted by Crippen LogP contribution is -2.51. The molecule has 2 aromatic heterocycles. The molecule has 0 N–H and O–H groups in total. The number of benzene rings is 4. The minimum absolute atomic E-state index is 0.163. The number of hydrogen-bond donors (Lipinski definition) is 0. The van der Waals surface area contributed by atoms with E-state index in [1.165, 1.54) is 104 Å². The van der Waals surface area contributed by atoms with Gasteiger partial charge in [-0.2, -0.15) is 10.5 Å². The molecule has 46 heavy (non-hydrogen) atoms. The highest BCUT2D eigenvalue weighted by molar-refractivity contribution is 6.28. The van der Waals surface area contributed by atoms with Crippen molar-refractivity contribution in [2.45, 2.75) is 98.7 Å². The first kappa shape index (κ1) is 23.9. The van der Waals surface area contributed by atoms with Crippen LogP contribution in [0.5, 0.6) is 0 Å². The van der Waals surface area contributed by atoms with Gasteiger partial charge in [-0.25, -0.2) is 0 Å². The molecular weight excluding hydrogens is 558 g/mol. The maximum absolute atomic E-state index is 10.1. The summed E-state index contributed by atoms with van der Waals surface area (Å²) >= 11 is 0. The number of nitrogens with zero attached hydrogens (tertiary/aromatic N) is 3. The van der Waals surface area contributed by atoms with E-state index in [2.05, 4.69) is 65.1 Å². The molecule has 0 amide bonds. The second-order valence-electron chi connectivity index (χ2n) is 16.9. The van der Waals surface area contributed by atoms with E-state index in [0.29, 0.717) is 16.5 Å². The van der Waals surface area contributed by atoms with Gasteiger partial charge in [0, 0.05) is 43.2 Å². The molecule has 2 heterocycles. The van der Waals surface area contributed by atoms with Crippen molar-refractivity contribution in [3.63, 3.8) is 0 Å². The fourth-order valence-corrected chi connectivity index (χ4v) is 15.0. The first-order valence-electron chi connectivity index (χ1n) is 17.8. The van der Waals surface area contributed by atoms with Gasteiger partial charge < -0.3 is 4.40 Å². The van der Waals surface area contributed by atoms with Crippen molar-refractivity contribution < 1.29 is 0 Å². The Morgan fingerprint density at radius 3 is 1.78 bits per heavy atom. The Bertz CT molecular complexity index is 2590. The first-order valence-corrected chi connectivity index (χ1v) is 17.8. The fourth-order valence-electron chi connectivity index (χ4n) is 15.0. The van der Waals surface area contributed by atoms with Gasteiger partial charge in [0.2, 0.25) is 0 Å². The molecule has 3 nitrogen and oxygen atoms in total. The normalized spacial score (nSPS) is 35.2. The fraction of sp³-hybridized carbons (Fsp3) is 0.395. The van der Waals surface area contributed by atoms with Crippen LogP contribution >= 0.6 is 0 Å². The van der Waals surface area contributed by atoms with Gasteiger partial charge in [0.1, 0.15) is 0 Å². The third-order valence-electron chi connectivity index (χ3n) is 16.0. The highest BCUT2D eigenvalue weighted by atomic mass is 14.9. The maximum atomic E-state index is 10.1. The molecule has 220 valence electrons. The number of aromatic nitrogens is 1. The highest BCUT2D eigenvalue weighted by Crippen LogP contribution is 2.84.